The molecule has 0 saturated heterocycles. The predicted octanol–water partition coefficient (Wildman–Crippen LogP) is 0.753. The summed E-state index contributed by atoms with van der Waals surface area (Å²) >= 11 is 0. The van der Waals surface area contributed by atoms with Gasteiger partial charge in [-0.15, -0.1) is 6.58 Å². The first kappa shape index (κ1) is 5.38. The summed E-state index contributed by atoms with van der Waals surface area (Å²) in [7, 11) is 0.609. The highest BCUT2D eigenvalue weighted by Crippen LogP contribution is 1.79. The van der Waals surface area contributed by atoms with Gasteiger partial charge in [0, 0.05) is 0 Å². The number of hydrogen-bond donors (Lipinski definition) is 0. The second-order valence-corrected chi connectivity index (χ2v) is 2.52. The van der Waals surface area contributed by atoms with E-state index in [1.54, 1.807) is 6.26 Å². The quantitative estimate of drug-likeness (QED) is 0.528. The number of furan rings is 1. The molecule has 1 nitrogen and oxygen atoms in total. The zero-order valence-electron chi connectivity index (χ0n) is 4.42. The summed E-state index contributed by atoms with van der Waals surface area (Å²) in [6.45, 7) is 3.59. The number of hydrogen-bond acceptors (Lipinski definition) is 1. The lowest BCUT2D eigenvalue weighted by molar-refractivity contribution is 0.601. The molecule has 1 aromatic rings. The van der Waals surface area contributed by atoms with Crippen molar-refractivity contribution in [2.45, 2.75) is 0 Å². The molecule has 0 amide bonds. The highest BCUT2D eigenvalue weighted by Gasteiger charge is 1.88. The van der Waals surface area contributed by atoms with E-state index in [9.17, 15) is 0 Å². The molecule has 1 rings (SSSR count). The molecular weight excluding hydrogens is 116 g/mol. The highest BCUT2D eigenvalue weighted by molar-refractivity contribution is 6.56. The fourth-order valence-corrected chi connectivity index (χ4v) is 0.991. The maximum atomic E-state index is 5.01. The van der Waals surface area contributed by atoms with Gasteiger partial charge < -0.3 is 4.42 Å². The molecule has 0 aliphatic heterocycles. The molecule has 0 saturated carbocycles. The van der Waals surface area contributed by atoms with E-state index >= 15 is 0 Å². The first-order chi connectivity index (χ1) is 3.93. The van der Waals surface area contributed by atoms with E-state index in [-0.39, 0.29) is 0 Å². The lowest BCUT2D eigenvalue weighted by Crippen LogP contribution is -2.06. The van der Waals surface area contributed by atoms with Gasteiger partial charge >= 0.3 is 0 Å². The Morgan fingerprint density at radius 1 is 1.75 bits per heavy atom. The van der Waals surface area contributed by atoms with Crippen molar-refractivity contribution >= 4 is 14.9 Å². The molecule has 0 N–H and O–H groups in total. The Hall–Kier alpha value is -0.763. The fourth-order valence-electron chi connectivity index (χ4n) is 0.461. The molecule has 8 heavy (non-hydrogen) atoms. The normalized spacial score (nSPS) is 9.00. The first-order valence-electron chi connectivity index (χ1n) is 2.34. The minimum Gasteiger partial charge on any atom is -0.475 e. The van der Waals surface area contributed by atoms with Crippen molar-refractivity contribution in [3.63, 3.8) is 0 Å². The molecule has 40 valence electrons. The van der Waals surface area contributed by atoms with Crippen LogP contribution in [0.15, 0.2) is 35.1 Å². The van der Waals surface area contributed by atoms with Crippen LogP contribution < -0.4 is 5.38 Å². The van der Waals surface area contributed by atoms with Crippen LogP contribution in [0.5, 0.6) is 0 Å². The summed E-state index contributed by atoms with van der Waals surface area (Å²) < 4.78 is 5.01. The second-order valence-electron chi connectivity index (χ2n) is 1.33. The Balaban J connectivity index is 2.62. The molecule has 2 radical (unpaired) electrons. The first-order valence-corrected chi connectivity index (χ1v) is 3.42. The zero-order valence-corrected chi connectivity index (χ0v) is 5.42. The lowest BCUT2D eigenvalue weighted by atomic mass is 10.7. The Morgan fingerprint density at radius 3 is 3.12 bits per heavy atom. The topological polar surface area (TPSA) is 13.1 Å². The van der Waals surface area contributed by atoms with Crippen LogP contribution in [-0.4, -0.2) is 9.52 Å². The summed E-state index contributed by atoms with van der Waals surface area (Å²) in [5, 5.41) is 1.00. The molecule has 2 heteroatoms. The van der Waals surface area contributed by atoms with Gasteiger partial charge in [0.25, 0.3) is 0 Å². The molecule has 0 aromatic carbocycles. The van der Waals surface area contributed by atoms with Gasteiger partial charge in [-0.2, -0.15) is 0 Å². The van der Waals surface area contributed by atoms with Gasteiger partial charge in [0.2, 0.25) is 0 Å². The molecule has 0 spiro atoms. The average molecular weight is 122 g/mol. The van der Waals surface area contributed by atoms with E-state index < -0.39 is 0 Å². The van der Waals surface area contributed by atoms with E-state index in [0.29, 0.717) is 9.52 Å². The molecule has 1 aromatic heterocycles. The summed E-state index contributed by atoms with van der Waals surface area (Å²) in [5.41, 5.74) is 1.85. The SMILES string of the molecule is C=C[Si]c1ccco1. The fraction of sp³-hybridized carbons (Fsp3) is 0. The van der Waals surface area contributed by atoms with Crippen LogP contribution in [0.4, 0.5) is 0 Å². The van der Waals surface area contributed by atoms with Crippen molar-refractivity contribution in [3.05, 3.63) is 30.7 Å². The van der Waals surface area contributed by atoms with Gasteiger partial charge in [-0.25, -0.2) is 0 Å². The molecule has 0 aliphatic rings. The van der Waals surface area contributed by atoms with Crippen LogP contribution in [-0.2, 0) is 0 Å². The zero-order chi connectivity index (χ0) is 5.82. The van der Waals surface area contributed by atoms with E-state index in [0.717, 1.165) is 5.38 Å². The van der Waals surface area contributed by atoms with Gasteiger partial charge in [-0.3, -0.25) is 0 Å². The summed E-state index contributed by atoms with van der Waals surface area (Å²) in [6, 6.07) is 3.83. The number of rotatable bonds is 2. The monoisotopic (exact) mass is 122 g/mol. The van der Waals surface area contributed by atoms with Crippen molar-refractivity contribution < 1.29 is 4.42 Å². The minimum atomic E-state index is 0.609. The molecule has 0 unspecified atom stereocenters. The van der Waals surface area contributed by atoms with Gasteiger partial charge in [0.1, 0.15) is 0 Å². The molecule has 0 aliphatic carbocycles. The summed E-state index contributed by atoms with van der Waals surface area (Å²) in [4.78, 5) is 0. The van der Waals surface area contributed by atoms with Crippen LogP contribution in [0, 0.1) is 0 Å². The van der Waals surface area contributed by atoms with E-state index in [2.05, 4.69) is 6.58 Å². The summed E-state index contributed by atoms with van der Waals surface area (Å²) in [6.07, 6.45) is 1.67. The largest absolute Gasteiger partial charge is 0.475 e. The van der Waals surface area contributed by atoms with E-state index in [1.165, 1.54) is 0 Å². The maximum Gasteiger partial charge on any atom is 0.162 e. The van der Waals surface area contributed by atoms with Crippen LogP contribution in [0.1, 0.15) is 0 Å². The van der Waals surface area contributed by atoms with Gasteiger partial charge in [0.05, 0.1) is 11.6 Å². The average Bonchev–Trinajstić information content (AvgIpc) is 2.19. The third-order valence-corrected chi connectivity index (χ3v) is 1.54. The van der Waals surface area contributed by atoms with Crippen LogP contribution in [0.2, 0.25) is 0 Å². The van der Waals surface area contributed by atoms with Crippen molar-refractivity contribution in [1.29, 1.82) is 0 Å². The Morgan fingerprint density at radius 2 is 2.62 bits per heavy atom. The van der Waals surface area contributed by atoms with Crippen LogP contribution in [0.3, 0.4) is 0 Å². The molecule has 0 bridgehead atoms. The lowest BCUT2D eigenvalue weighted by Gasteiger charge is -1.79. The van der Waals surface area contributed by atoms with E-state index in [1.807, 2.05) is 17.8 Å². The smallest absolute Gasteiger partial charge is 0.162 e. The van der Waals surface area contributed by atoms with Crippen molar-refractivity contribution in [3.8, 4) is 0 Å². The highest BCUT2D eigenvalue weighted by atomic mass is 28.2. The standard InChI is InChI=1S/C6H6OSi/c1-2-8-6-4-3-5-7-6/h2-5H,1H2. The van der Waals surface area contributed by atoms with Gasteiger partial charge in [-0.1, -0.05) is 5.70 Å². The van der Waals surface area contributed by atoms with Crippen molar-refractivity contribution in [2.24, 2.45) is 0 Å². The van der Waals surface area contributed by atoms with Gasteiger partial charge in [-0.05, 0) is 12.1 Å². The van der Waals surface area contributed by atoms with Crippen molar-refractivity contribution in [2.75, 3.05) is 0 Å². The third-order valence-electron chi connectivity index (χ3n) is 0.765. The van der Waals surface area contributed by atoms with E-state index in [4.69, 9.17) is 4.42 Å². The van der Waals surface area contributed by atoms with Crippen molar-refractivity contribution in [1.82, 2.24) is 0 Å². The predicted molar refractivity (Wildman–Crippen MR) is 34.3 cm³/mol. The van der Waals surface area contributed by atoms with Crippen LogP contribution >= 0.6 is 0 Å². The second kappa shape index (κ2) is 2.52. The summed E-state index contributed by atoms with van der Waals surface area (Å²) in [5.74, 6) is 0. The van der Waals surface area contributed by atoms with Crippen LogP contribution in [0.25, 0.3) is 0 Å². The molecular formula is C6H6OSi. The molecule has 0 fully saturated rings. The molecule has 0 atom stereocenters. The Labute approximate surface area is 50.8 Å². The Bertz CT molecular complexity index is 155. The minimum absolute atomic E-state index is 0.609. The molecule has 1 heterocycles. The maximum absolute atomic E-state index is 5.01. The van der Waals surface area contributed by atoms with Gasteiger partial charge in [0.15, 0.2) is 9.52 Å². The third kappa shape index (κ3) is 1.10. The Kier molecular flexibility index (Phi) is 1.69.